The monoisotopic (exact) mass is 592 g/mol. The zero-order valence-corrected chi connectivity index (χ0v) is 27.3. The van der Waals surface area contributed by atoms with Crippen molar-refractivity contribution in [3.8, 4) is 0 Å². The van der Waals surface area contributed by atoms with Gasteiger partial charge in [-0.25, -0.2) is 0 Å². The predicted octanol–water partition coefficient (Wildman–Crippen LogP) is 8.94. The SMILES string of the molecule is CCCCCCCC/C=C/C/C=C/C=C/C(O)CCCC(=O)OC[C@H](CO)OC(=O)CCCCCCCCCC(C)C. The van der Waals surface area contributed by atoms with Gasteiger partial charge in [0, 0.05) is 12.8 Å². The standard InChI is InChI=1S/C36H64O6/c1-4-5-6-7-8-9-10-11-12-13-16-19-22-26-33(38)27-24-29-35(39)41-31-34(30-37)42-36(40)28-23-20-17-14-15-18-21-25-32(2)3/h11-12,16,19,22,26,32-34,37-38H,4-10,13-15,17-18,20-21,23-25,27-31H2,1-3H3/b12-11+,19-16+,26-22+/t33?,34-/m0/s1. The van der Waals surface area contributed by atoms with Crippen LogP contribution in [0.5, 0.6) is 0 Å². The molecule has 0 saturated heterocycles. The van der Waals surface area contributed by atoms with Gasteiger partial charge in [0.2, 0.25) is 0 Å². The number of hydrogen-bond donors (Lipinski definition) is 2. The van der Waals surface area contributed by atoms with Gasteiger partial charge < -0.3 is 19.7 Å². The van der Waals surface area contributed by atoms with Gasteiger partial charge in [-0.05, 0) is 44.4 Å². The Labute approximate surface area is 258 Å². The van der Waals surface area contributed by atoms with E-state index in [-0.39, 0.29) is 25.6 Å². The fourth-order valence-corrected chi connectivity index (χ4v) is 4.57. The van der Waals surface area contributed by atoms with Crippen molar-refractivity contribution in [1.82, 2.24) is 0 Å². The molecule has 0 saturated carbocycles. The minimum Gasteiger partial charge on any atom is -0.462 e. The van der Waals surface area contributed by atoms with Crippen LogP contribution in [0, 0.1) is 5.92 Å². The highest BCUT2D eigenvalue weighted by Gasteiger charge is 2.16. The first kappa shape index (κ1) is 40.1. The summed E-state index contributed by atoms with van der Waals surface area (Å²) in [6.07, 6.45) is 31.0. The van der Waals surface area contributed by atoms with E-state index in [0.29, 0.717) is 19.3 Å². The molecule has 0 heterocycles. The fraction of sp³-hybridized carbons (Fsp3) is 0.778. The molecule has 0 spiro atoms. The van der Waals surface area contributed by atoms with Crippen LogP contribution in [0.4, 0.5) is 0 Å². The lowest BCUT2D eigenvalue weighted by Gasteiger charge is -2.16. The maximum Gasteiger partial charge on any atom is 0.306 e. The van der Waals surface area contributed by atoms with E-state index in [1.54, 1.807) is 6.08 Å². The molecule has 0 radical (unpaired) electrons. The number of ether oxygens (including phenoxy) is 2. The summed E-state index contributed by atoms with van der Waals surface area (Å²) < 4.78 is 10.4. The third-order valence-corrected chi connectivity index (χ3v) is 7.22. The Morgan fingerprint density at radius 3 is 2.05 bits per heavy atom. The largest absolute Gasteiger partial charge is 0.462 e. The number of aliphatic hydroxyl groups is 2. The molecule has 0 aliphatic carbocycles. The molecule has 0 aromatic rings. The summed E-state index contributed by atoms with van der Waals surface area (Å²) in [5.41, 5.74) is 0. The molecule has 0 fully saturated rings. The van der Waals surface area contributed by atoms with E-state index in [0.717, 1.165) is 38.0 Å². The van der Waals surface area contributed by atoms with Crippen LogP contribution in [0.3, 0.4) is 0 Å². The van der Waals surface area contributed by atoms with Crippen molar-refractivity contribution in [2.24, 2.45) is 5.92 Å². The Balaban J connectivity index is 3.81. The van der Waals surface area contributed by atoms with E-state index in [2.05, 4.69) is 39.0 Å². The third kappa shape index (κ3) is 29.6. The smallest absolute Gasteiger partial charge is 0.306 e. The van der Waals surface area contributed by atoms with Crippen molar-refractivity contribution < 1.29 is 29.3 Å². The summed E-state index contributed by atoms with van der Waals surface area (Å²) in [5.74, 6) is -0.0177. The number of carbonyl (C=O) groups is 2. The third-order valence-electron chi connectivity index (χ3n) is 7.22. The van der Waals surface area contributed by atoms with Gasteiger partial charge in [-0.2, -0.15) is 0 Å². The lowest BCUT2D eigenvalue weighted by Crippen LogP contribution is -2.28. The normalized spacial score (nSPS) is 13.5. The van der Waals surface area contributed by atoms with E-state index in [4.69, 9.17) is 9.47 Å². The molecule has 0 rings (SSSR count). The van der Waals surface area contributed by atoms with E-state index >= 15 is 0 Å². The van der Waals surface area contributed by atoms with Crippen molar-refractivity contribution in [1.29, 1.82) is 0 Å². The van der Waals surface area contributed by atoms with Crippen LogP contribution < -0.4 is 0 Å². The van der Waals surface area contributed by atoms with Crippen LogP contribution in [0.15, 0.2) is 36.5 Å². The molecule has 0 aromatic heterocycles. The molecule has 0 aliphatic heterocycles. The second-order valence-electron chi connectivity index (χ2n) is 11.9. The Morgan fingerprint density at radius 1 is 0.714 bits per heavy atom. The number of hydrogen-bond acceptors (Lipinski definition) is 6. The average Bonchev–Trinajstić information content (AvgIpc) is 2.96. The molecule has 244 valence electrons. The van der Waals surface area contributed by atoms with Crippen molar-refractivity contribution in [2.45, 2.75) is 161 Å². The van der Waals surface area contributed by atoms with Gasteiger partial charge in [0.1, 0.15) is 6.61 Å². The Morgan fingerprint density at radius 2 is 1.36 bits per heavy atom. The van der Waals surface area contributed by atoms with Crippen LogP contribution in [0.25, 0.3) is 0 Å². The van der Waals surface area contributed by atoms with Gasteiger partial charge in [0.25, 0.3) is 0 Å². The molecule has 0 bridgehead atoms. The van der Waals surface area contributed by atoms with Crippen LogP contribution in [0.2, 0.25) is 0 Å². The van der Waals surface area contributed by atoms with Gasteiger partial charge in [-0.1, -0.05) is 134 Å². The van der Waals surface area contributed by atoms with E-state index in [9.17, 15) is 19.8 Å². The summed E-state index contributed by atoms with van der Waals surface area (Å²) in [6, 6.07) is 0. The molecule has 0 aliphatic rings. The van der Waals surface area contributed by atoms with Gasteiger partial charge in [-0.15, -0.1) is 0 Å². The van der Waals surface area contributed by atoms with Crippen LogP contribution >= 0.6 is 0 Å². The highest BCUT2D eigenvalue weighted by molar-refractivity contribution is 5.70. The minimum absolute atomic E-state index is 0.155. The van der Waals surface area contributed by atoms with Gasteiger partial charge in [-0.3, -0.25) is 9.59 Å². The van der Waals surface area contributed by atoms with Gasteiger partial charge >= 0.3 is 11.9 Å². The maximum atomic E-state index is 12.1. The molecule has 0 aromatic carbocycles. The number of carbonyl (C=O) groups excluding carboxylic acids is 2. The van der Waals surface area contributed by atoms with Gasteiger partial charge in [0.15, 0.2) is 6.10 Å². The summed E-state index contributed by atoms with van der Waals surface area (Å²) in [4.78, 5) is 24.1. The second kappa shape index (κ2) is 30.5. The first-order valence-electron chi connectivity index (χ1n) is 17.0. The van der Waals surface area contributed by atoms with Gasteiger partial charge in [0.05, 0.1) is 12.7 Å². The van der Waals surface area contributed by atoms with E-state index in [1.807, 2.05) is 12.2 Å². The molecule has 2 atom stereocenters. The summed E-state index contributed by atoms with van der Waals surface area (Å²) in [5, 5.41) is 19.6. The highest BCUT2D eigenvalue weighted by atomic mass is 16.6. The summed E-state index contributed by atoms with van der Waals surface area (Å²) in [7, 11) is 0. The van der Waals surface area contributed by atoms with Crippen LogP contribution in [-0.2, 0) is 19.1 Å². The zero-order valence-electron chi connectivity index (χ0n) is 27.3. The number of aliphatic hydroxyl groups excluding tert-OH is 2. The molecule has 6 heteroatoms. The number of rotatable bonds is 29. The number of esters is 2. The highest BCUT2D eigenvalue weighted by Crippen LogP contribution is 2.13. The first-order chi connectivity index (χ1) is 20.4. The lowest BCUT2D eigenvalue weighted by atomic mass is 10.0. The molecule has 6 nitrogen and oxygen atoms in total. The average molecular weight is 593 g/mol. The van der Waals surface area contributed by atoms with Crippen molar-refractivity contribution >= 4 is 11.9 Å². The Hall–Kier alpha value is -1.92. The molecule has 2 N–H and O–H groups in total. The van der Waals surface area contributed by atoms with E-state index < -0.39 is 18.2 Å². The molecular weight excluding hydrogens is 528 g/mol. The number of unbranched alkanes of at least 4 members (excludes halogenated alkanes) is 12. The molecule has 42 heavy (non-hydrogen) atoms. The maximum absolute atomic E-state index is 12.1. The zero-order chi connectivity index (χ0) is 31.1. The molecule has 1 unspecified atom stereocenters. The number of allylic oxidation sites excluding steroid dienone is 5. The molecule has 0 amide bonds. The van der Waals surface area contributed by atoms with Crippen molar-refractivity contribution in [3.05, 3.63) is 36.5 Å². The Bertz CT molecular complexity index is 712. The van der Waals surface area contributed by atoms with Crippen LogP contribution in [-0.4, -0.2) is 47.6 Å². The summed E-state index contributed by atoms with van der Waals surface area (Å²) in [6.45, 7) is 6.21. The fourth-order valence-electron chi connectivity index (χ4n) is 4.57. The Kier molecular flexibility index (Phi) is 29.1. The topological polar surface area (TPSA) is 93.1 Å². The van der Waals surface area contributed by atoms with Crippen molar-refractivity contribution in [2.75, 3.05) is 13.2 Å². The summed E-state index contributed by atoms with van der Waals surface area (Å²) >= 11 is 0. The van der Waals surface area contributed by atoms with E-state index in [1.165, 1.54) is 70.6 Å². The van der Waals surface area contributed by atoms with Crippen molar-refractivity contribution in [3.63, 3.8) is 0 Å². The predicted molar refractivity (Wildman–Crippen MR) is 174 cm³/mol. The lowest BCUT2D eigenvalue weighted by molar-refractivity contribution is -0.161. The quantitative estimate of drug-likeness (QED) is 0.0390. The second-order valence-corrected chi connectivity index (χ2v) is 11.9. The first-order valence-corrected chi connectivity index (χ1v) is 17.0. The minimum atomic E-state index is -0.840. The molecular formula is C36H64O6. The van der Waals surface area contributed by atoms with Crippen LogP contribution in [0.1, 0.15) is 149 Å².